The SMILES string of the molecule is Cc1ccc(S(=O)(=O)OC(=O)CF)cc1. The molecule has 0 aliphatic rings. The smallest absolute Gasteiger partial charge is 0.339 e. The fourth-order valence-electron chi connectivity index (χ4n) is 0.898. The van der Waals surface area contributed by atoms with Crippen LogP contribution in [0, 0.1) is 6.92 Å². The van der Waals surface area contributed by atoms with Crippen molar-refractivity contribution < 1.29 is 21.8 Å². The number of carbonyl (C=O) groups is 1. The van der Waals surface area contributed by atoms with Gasteiger partial charge in [-0.05, 0) is 19.1 Å². The maximum absolute atomic E-state index is 11.8. The van der Waals surface area contributed by atoms with Crippen LogP contribution in [-0.4, -0.2) is 21.1 Å². The fourth-order valence-corrected chi connectivity index (χ4v) is 1.75. The molecular formula is C9H9FO4S. The van der Waals surface area contributed by atoms with Gasteiger partial charge in [-0.3, -0.25) is 0 Å². The van der Waals surface area contributed by atoms with E-state index in [2.05, 4.69) is 4.18 Å². The summed E-state index contributed by atoms with van der Waals surface area (Å²) in [4.78, 5) is 10.3. The van der Waals surface area contributed by atoms with Crippen molar-refractivity contribution in [2.75, 3.05) is 6.67 Å². The zero-order valence-corrected chi connectivity index (χ0v) is 8.75. The number of benzene rings is 1. The summed E-state index contributed by atoms with van der Waals surface area (Å²) in [6.07, 6.45) is 0. The van der Waals surface area contributed by atoms with Crippen LogP contribution in [0.2, 0.25) is 0 Å². The lowest BCUT2D eigenvalue weighted by molar-refractivity contribution is -0.134. The van der Waals surface area contributed by atoms with E-state index in [9.17, 15) is 17.6 Å². The molecule has 0 atom stereocenters. The van der Waals surface area contributed by atoms with Gasteiger partial charge in [-0.1, -0.05) is 17.7 Å². The lowest BCUT2D eigenvalue weighted by atomic mass is 10.2. The molecule has 82 valence electrons. The van der Waals surface area contributed by atoms with Crippen molar-refractivity contribution in [2.24, 2.45) is 0 Å². The summed E-state index contributed by atoms with van der Waals surface area (Å²) >= 11 is 0. The van der Waals surface area contributed by atoms with Crippen molar-refractivity contribution in [1.82, 2.24) is 0 Å². The zero-order chi connectivity index (χ0) is 11.5. The number of hydrogen-bond donors (Lipinski definition) is 0. The minimum Gasteiger partial charge on any atom is -0.339 e. The van der Waals surface area contributed by atoms with Crippen LogP contribution in [0.25, 0.3) is 0 Å². The highest BCUT2D eigenvalue weighted by Gasteiger charge is 2.19. The first-order valence-electron chi connectivity index (χ1n) is 4.05. The highest BCUT2D eigenvalue weighted by molar-refractivity contribution is 7.87. The van der Waals surface area contributed by atoms with E-state index in [-0.39, 0.29) is 4.90 Å². The Kier molecular flexibility index (Phi) is 3.41. The molecule has 0 amide bonds. The maximum Gasteiger partial charge on any atom is 0.353 e. The van der Waals surface area contributed by atoms with Crippen molar-refractivity contribution >= 4 is 16.1 Å². The molecule has 0 bridgehead atoms. The van der Waals surface area contributed by atoms with Crippen molar-refractivity contribution in [1.29, 1.82) is 0 Å². The van der Waals surface area contributed by atoms with Crippen LogP contribution in [0.4, 0.5) is 4.39 Å². The van der Waals surface area contributed by atoms with E-state index in [4.69, 9.17) is 0 Å². The van der Waals surface area contributed by atoms with Gasteiger partial charge in [0.15, 0.2) is 6.67 Å². The van der Waals surface area contributed by atoms with Gasteiger partial charge in [0.25, 0.3) is 0 Å². The molecule has 1 aromatic rings. The van der Waals surface area contributed by atoms with E-state index in [0.29, 0.717) is 0 Å². The summed E-state index contributed by atoms with van der Waals surface area (Å²) in [5.41, 5.74) is 0.866. The Labute approximate surface area is 86.8 Å². The van der Waals surface area contributed by atoms with Crippen LogP contribution in [-0.2, 0) is 19.1 Å². The summed E-state index contributed by atoms with van der Waals surface area (Å²) in [6.45, 7) is 0.315. The van der Waals surface area contributed by atoms with Gasteiger partial charge < -0.3 is 4.18 Å². The van der Waals surface area contributed by atoms with Gasteiger partial charge in [0, 0.05) is 0 Å². The van der Waals surface area contributed by atoms with Gasteiger partial charge >= 0.3 is 16.1 Å². The third-order valence-corrected chi connectivity index (χ3v) is 2.88. The maximum atomic E-state index is 11.8. The molecule has 15 heavy (non-hydrogen) atoms. The Morgan fingerprint density at radius 1 is 1.33 bits per heavy atom. The molecule has 0 radical (unpaired) electrons. The van der Waals surface area contributed by atoms with Crippen LogP contribution >= 0.6 is 0 Å². The number of rotatable bonds is 3. The van der Waals surface area contributed by atoms with Crippen LogP contribution in [0.15, 0.2) is 29.2 Å². The molecule has 0 saturated carbocycles. The van der Waals surface area contributed by atoms with E-state index < -0.39 is 22.8 Å². The summed E-state index contributed by atoms with van der Waals surface area (Å²) < 4.78 is 38.3. The molecule has 0 fully saturated rings. The Morgan fingerprint density at radius 2 is 1.87 bits per heavy atom. The monoisotopic (exact) mass is 232 g/mol. The minimum absolute atomic E-state index is 0.171. The zero-order valence-electron chi connectivity index (χ0n) is 7.94. The van der Waals surface area contributed by atoms with Gasteiger partial charge in [-0.2, -0.15) is 8.42 Å². The van der Waals surface area contributed by atoms with Gasteiger partial charge in [0.1, 0.15) is 4.90 Å². The molecule has 6 heteroatoms. The standard InChI is InChI=1S/C9H9FO4S/c1-7-2-4-8(5-3-7)15(12,13)14-9(11)6-10/h2-5H,6H2,1H3. The van der Waals surface area contributed by atoms with Gasteiger partial charge in [-0.25, -0.2) is 9.18 Å². The number of aryl methyl sites for hydroxylation is 1. The lowest BCUT2D eigenvalue weighted by Crippen LogP contribution is -2.14. The first kappa shape index (κ1) is 11.6. The fraction of sp³-hybridized carbons (Fsp3) is 0.222. The highest BCUT2D eigenvalue weighted by atomic mass is 32.2. The van der Waals surface area contributed by atoms with Crippen molar-refractivity contribution in [3.05, 3.63) is 29.8 Å². The largest absolute Gasteiger partial charge is 0.353 e. The van der Waals surface area contributed by atoms with Crippen LogP contribution in [0.1, 0.15) is 5.56 Å². The topological polar surface area (TPSA) is 60.4 Å². The summed E-state index contributed by atoms with van der Waals surface area (Å²) in [7, 11) is -4.18. The highest BCUT2D eigenvalue weighted by Crippen LogP contribution is 2.13. The molecule has 0 aromatic heterocycles. The molecule has 0 unspecified atom stereocenters. The van der Waals surface area contributed by atoms with Crippen LogP contribution < -0.4 is 0 Å². The van der Waals surface area contributed by atoms with E-state index in [1.807, 2.05) is 0 Å². The molecule has 0 aliphatic carbocycles. The molecule has 0 saturated heterocycles. The average molecular weight is 232 g/mol. The second kappa shape index (κ2) is 4.39. The molecule has 1 aromatic carbocycles. The molecule has 0 heterocycles. The second-order valence-corrected chi connectivity index (χ2v) is 4.40. The Bertz CT molecular complexity index is 450. The van der Waals surface area contributed by atoms with Crippen LogP contribution in [0.3, 0.4) is 0 Å². The lowest BCUT2D eigenvalue weighted by Gasteiger charge is -2.03. The third kappa shape index (κ3) is 3.02. The summed E-state index contributed by atoms with van der Waals surface area (Å²) in [5.74, 6) is -1.42. The first-order chi connectivity index (χ1) is 6.95. The van der Waals surface area contributed by atoms with E-state index in [1.54, 1.807) is 19.1 Å². The Morgan fingerprint density at radius 3 is 2.33 bits per heavy atom. The number of carbonyl (C=O) groups excluding carboxylic acids is 1. The molecule has 0 aliphatic heterocycles. The van der Waals surface area contributed by atoms with Crippen molar-refractivity contribution in [3.8, 4) is 0 Å². The molecule has 0 N–H and O–H groups in total. The quantitative estimate of drug-likeness (QED) is 0.734. The predicted molar refractivity (Wildman–Crippen MR) is 50.4 cm³/mol. The molecule has 1 rings (SSSR count). The van der Waals surface area contributed by atoms with E-state index in [0.717, 1.165) is 5.56 Å². The van der Waals surface area contributed by atoms with Crippen molar-refractivity contribution in [2.45, 2.75) is 11.8 Å². The first-order valence-corrected chi connectivity index (χ1v) is 5.46. The van der Waals surface area contributed by atoms with Gasteiger partial charge in [0.2, 0.25) is 0 Å². The van der Waals surface area contributed by atoms with Crippen molar-refractivity contribution in [3.63, 3.8) is 0 Å². The normalized spacial score (nSPS) is 11.1. The molecule has 4 nitrogen and oxygen atoms in total. The summed E-state index contributed by atoms with van der Waals surface area (Å²) in [5, 5.41) is 0. The Balaban J connectivity index is 2.96. The van der Waals surface area contributed by atoms with Gasteiger partial charge in [0.05, 0.1) is 0 Å². The number of hydrogen-bond acceptors (Lipinski definition) is 4. The summed E-state index contributed by atoms with van der Waals surface area (Å²) in [6, 6.07) is 5.68. The number of halogens is 1. The molecular weight excluding hydrogens is 223 g/mol. The minimum atomic E-state index is -4.18. The van der Waals surface area contributed by atoms with Crippen LogP contribution in [0.5, 0.6) is 0 Å². The average Bonchev–Trinajstić information content (AvgIpc) is 2.17. The van der Waals surface area contributed by atoms with E-state index in [1.165, 1.54) is 12.1 Å². The second-order valence-electron chi connectivity index (χ2n) is 2.86. The predicted octanol–water partition coefficient (Wildman–Crippen LogP) is 1.20. The Hall–Kier alpha value is -1.43. The van der Waals surface area contributed by atoms with Gasteiger partial charge in [-0.15, -0.1) is 0 Å². The molecule has 0 spiro atoms. The number of alkyl halides is 1. The third-order valence-electron chi connectivity index (χ3n) is 1.62. The van der Waals surface area contributed by atoms with E-state index >= 15 is 0 Å².